The second-order valence-electron chi connectivity index (χ2n) is 7.77. The Balaban J connectivity index is 2.57. The number of rotatable bonds is 5. The van der Waals surface area contributed by atoms with Crippen LogP contribution in [0, 0.1) is 11.8 Å². The summed E-state index contributed by atoms with van der Waals surface area (Å²) in [5, 5.41) is 0.248. The highest BCUT2D eigenvalue weighted by Crippen LogP contribution is 2.40. The first kappa shape index (κ1) is 18.4. The van der Waals surface area contributed by atoms with Crippen LogP contribution < -0.4 is 0 Å². The molecule has 1 aliphatic rings. The summed E-state index contributed by atoms with van der Waals surface area (Å²) in [5.41, 5.74) is 1.21. The van der Waals surface area contributed by atoms with Gasteiger partial charge in [0.25, 0.3) is 0 Å². The van der Waals surface area contributed by atoms with E-state index in [1.807, 2.05) is 6.92 Å². The molecule has 0 bridgehead atoms. The topological polar surface area (TPSA) is 35.5 Å². The zero-order valence-corrected chi connectivity index (χ0v) is 15.8. The van der Waals surface area contributed by atoms with Crippen LogP contribution in [-0.4, -0.2) is 27.5 Å². The molecular formula is C17H32O3Si. The Hall–Kier alpha value is -0.613. The molecule has 2 atom stereocenters. The number of carbonyl (C=O) groups excluding carboxylic acids is 1. The molecule has 0 N–H and O–H groups in total. The van der Waals surface area contributed by atoms with Crippen molar-refractivity contribution in [1.82, 2.24) is 0 Å². The van der Waals surface area contributed by atoms with E-state index in [1.165, 1.54) is 5.57 Å². The van der Waals surface area contributed by atoms with Crippen molar-refractivity contribution < 1.29 is 14.0 Å². The molecule has 0 aromatic rings. The number of carbonyl (C=O) groups is 1. The molecule has 122 valence electrons. The lowest BCUT2D eigenvalue weighted by molar-refractivity contribution is -0.137. The van der Waals surface area contributed by atoms with Crippen molar-refractivity contribution in [3.8, 4) is 0 Å². The summed E-state index contributed by atoms with van der Waals surface area (Å²) in [6, 6.07) is 0. The number of hydrogen-bond donors (Lipinski definition) is 0. The lowest BCUT2D eigenvalue weighted by Gasteiger charge is -2.37. The van der Waals surface area contributed by atoms with E-state index in [-0.39, 0.29) is 11.0 Å². The average Bonchev–Trinajstić information content (AvgIpc) is 2.65. The van der Waals surface area contributed by atoms with Crippen LogP contribution in [0.15, 0.2) is 11.6 Å². The summed E-state index contributed by atoms with van der Waals surface area (Å²) in [6.45, 7) is 16.7. The van der Waals surface area contributed by atoms with Crippen LogP contribution in [0.4, 0.5) is 0 Å². The third-order valence-corrected chi connectivity index (χ3v) is 9.49. The van der Waals surface area contributed by atoms with E-state index in [1.54, 1.807) is 6.08 Å². The van der Waals surface area contributed by atoms with Crippen LogP contribution in [-0.2, 0) is 14.0 Å². The Morgan fingerprint density at radius 2 is 1.95 bits per heavy atom. The van der Waals surface area contributed by atoms with Crippen LogP contribution in [0.3, 0.4) is 0 Å². The molecule has 0 amide bonds. The van der Waals surface area contributed by atoms with Gasteiger partial charge in [0.15, 0.2) is 8.32 Å². The van der Waals surface area contributed by atoms with Gasteiger partial charge in [0, 0.05) is 12.7 Å². The summed E-state index contributed by atoms with van der Waals surface area (Å²) in [7, 11) is -1.68. The molecule has 0 radical (unpaired) electrons. The van der Waals surface area contributed by atoms with E-state index in [2.05, 4.69) is 40.8 Å². The van der Waals surface area contributed by atoms with Gasteiger partial charge in [0.1, 0.15) is 0 Å². The number of hydrogen-bond acceptors (Lipinski definition) is 3. The van der Waals surface area contributed by atoms with Gasteiger partial charge in [0.2, 0.25) is 0 Å². The minimum absolute atomic E-state index is 0.203. The number of esters is 1. The summed E-state index contributed by atoms with van der Waals surface area (Å²) in [4.78, 5) is 11.5. The Morgan fingerprint density at radius 3 is 2.48 bits per heavy atom. The number of ether oxygens (including phenoxy) is 1. The standard InChI is InChI=1S/C17H32O3Si/c1-8-19-16(18)11-14-9-13(2)15(10-14)12-20-21(6,7)17(3,4)5/h11,13,15H,8-10,12H2,1-7H3/t13-,15-/m1/s1. The van der Waals surface area contributed by atoms with E-state index in [4.69, 9.17) is 9.16 Å². The lowest BCUT2D eigenvalue weighted by Crippen LogP contribution is -2.42. The minimum atomic E-state index is -1.68. The smallest absolute Gasteiger partial charge is 0.330 e. The average molecular weight is 313 g/mol. The van der Waals surface area contributed by atoms with Crippen molar-refractivity contribution in [1.29, 1.82) is 0 Å². The molecule has 1 aliphatic carbocycles. The summed E-state index contributed by atoms with van der Waals surface area (Å²) in [6.07, 6.45) is 3.64. The van der Waals surface area contributed by atoms with Gasteiger partial charge >= 0.3 is 5.97 Å². The van der Waals surface area contributed by atoms with E-state index in [9.17, 15) is 4.79 Å². The summed E-state index contributed by atoms with van der Waals surface area (Å²) >= 11 is 0. The first-order valence-electron chi connectivity index (χ1n) is 8.07. The molecule has 0 saturated heterocycles. The van der Waals surface area contributed by atoms with E-state index >= 15 is 0 Å². The van der Waals surface area contributed by atoms with Crippen LogP contribution in [0.25, 0.3) is 0 Å². The summed E-state index contributed by atoms with van der Waals surface area (Å²) in [5.74, 6) is 0.904. The SMILES string of the molecule is CCOC(=O)C=C1C[C@H](CO[Si](C)(C)C(C)(C)C)[C@H](C)C1. The molecule has 3 nitrogen and oxygen atoms in total. The van der Waals surface area contributed by atoms with Gasteiger partial charge < -0.3 is 9.16 Å². The van der Waals surface area contributed by atoms with Gasteiger partial charge in [-0.1, -0.05) is 33.3 Å². The third kappa shape index (κ3) is 5.26. The van der Waals surface area contributed by atoms with Crippen LogP contribution in [0.5, 0.6) is 0 Å². The molecule has 21 heavy (non-hydrogen) atoms. The maximum Gasteiger partial charge on any atom is 0.330 e. The highest BCUT2D eigenvalue weighted by molar-refractivity contribution is 6.74. The quantitative estimate of drug-likeness (QED) is 0.424. The first-order chi connectivity index (χ1) is 9.56. The molecule has 0 aromatic heterocycles. The van der Waals surface area contributed by atoms with Gasteiger partial charge in [-0.15, -0.1) is 0 Å². The highest BCUT2D eigenvalue weighted by atomic mass is 28.4. The van der Waals surface area contributed by atoms with Crippen molar-refractivity contribution in [3.63, 3.8) is 0 Å². The maximum atomic E-state index is 11.5. The van der Waals surface area contributed by atoms with Crippen LogP contribution >= 0.6 is 0 Å². The predicted octanol–water partition coefficient (Wildman–Crippen LogP) is 4.54. The van der Waals surface area contributed by atoms with Gasteiger partial charge in [-0.05, 0) is 49.7 Å². The zero-order valence-electron chi connectivity index (χ0n) is 14.8. The molecule has 0 aromatic carbocycles. The molecule has 1 saturated carbocycles. The fourth-order valence-corrected chi connectivity index (χ4v) is 3.49. The number of allylic oxidation sites excluding steroid dienone is 1. The van der Waals surface area contributed by atoms with E-state index in [0.29, 0.717) is 18.4 Å². The van der Waals surface area contributed by atoms with Crippen molar-refractivity contribution >= 4 is 14.3 Å². The molecule has 0 spiro atoms. The van der Waals surface area contributed by atoms with E-state index < -0.39 is 8.32 Å². The second kappa shape index (κ2) is 7.10. The fraction of sp³-hybridized carbons (Fsp3) is 0.824. The molecule has 1 rings (SSSR count). The van der Waals surface area contributed by atoms with Gasteiger partial charge in [-0.3, -0.25) is 0 Å². The highest BCUT2D eigenvalue weighted by Gasteiger charge is 2.38. The largest absolute Gasteiger partial charge is 0.463 e. The maximum absolute atomic E-state index is 11.5. The molecule has 1 fully saturated rings. The van der Waals surface area contributed by atoms with Crippen molar-refractivity contribution in [3.05, 3.63) is 11.6 Å². The van der Waals surface area contributed by atoms with Crippen LogP contribution in [0.2, 0.25) is 18.1 Å². The third-order valence-electron chi connectivity index (χ3n) is 4.99. The first-order valence-corrected chi connectivity index (χ1v) is 11.0. The Morgan fingerprint density at radius 1 is 1.33 bits per heavy atom. The van der Waals surface area contributed by atoms with Crippen molar-refractivity contribution in [2.75, 3.05) is 13.2 Å². The predicted molar refractivity (Wildman–Crippen MR) is 89.8 cm³/mol. The van der Waals surface area contributed by atoms with Crippen molar-refractivity contribution in [2.45, 2.75) is 65.6 Å². The Kier molecular flexibility index (Phi) is 6.23. The second-order valence-corrected chi connectivity index (χ2v) is 12.6. The van der Waals surface area contributed by atoms with Crippen LogP contribution in [0.1, 0.15) is 47.5 Å². The Labute approximate surface area is 131 Å². The molecule has 0 heterocycles. The minimum Gasteiger partial charge on any atom is -0.463 e. The molecular weight excluding hydrogens is 280 g/mol. The normalized spacial score (nSPS) is 25.4. The molecule has 4 heteroatoms. The molecule has 0 aliphatic heterocycles. The zero-order chi connectivity index (χ0) is 16.3. The monoisotopic (exact) mass is 312 g/mol. The Bertz CT molecular complexity index is 393. The van der Waals surface area contributed by atoms with Gasteiger partial charge in [0.05, 0.1) is 6.61 Å². The fourth-order valence-electron chi connectivity index (χ4n) is 2.43. The van der Waals surface area contributed by atoms with Gasteiger partial charge in [-0.2, -0.15) is 0 Å². The lowest BCUT2D eigenvalue weighted by atomic mass is 10.00. The van der Waals surface area contributed by atoms with E-state index in [0.717, 1.165) is 19.4 Å². The summed E-state index contributed by atoms with van der Waals surface area (Å²) < 4.78 is 11.3. The molecule has 0 unspecified atom stereocenters. The van der Waals surface area contributed by atoms with Crippen molar-refractivity contribution in [2.24, 2.45) is 11.8 Å². The van der Waals surface area contributed by atoms with Gasteiger partial charge in [-0.25, -0.2) is 4.79 Å².